The predicted molar refractivity (Wildman–Crippen MR) is 89.9 cm³/mol. The van der Waals surface area contributed by atoms with E-state index in [0.717, 1.165) is 10.9 Å². The second-order valence-corrected chi connectivity index (χ2v) is 7.84. The number of aromatic amines is 1. The maximum atomic E-state index is 12.7. The fourth-order valence-corrected chi connectivity index (χ4v) is 4.47. The predicted octanol–water partition coefficient (Wildman–Crippen LogP) is 1.67. The largest absolute Gasteiger partial charge is 0.360 e. The fraction of sp³-hybridized carbons (Fsp3) is 0.438. The first-order valence-electron chi connectivity index (χ1n) is 7.86. The smallest absolute Gasteiger partial charge is 0.256 e. The van der Waals surface area contributed by atoms with Crippen LogP contribution in [-0.4, -0.2) is 60.4 Å². The first-order valence-corrected chi connectivity index (χ1v) is 9.47. The van der Waals surface area contributed by atoms with Crippen LogP contribution in [0.25, 0.3) is 10.9 Å². The van der Waals surface area contributed by atoms with Gasteiger partial charge in [0.1, 0.15) is 0 Å². The first kappa shape index (κ1) is 16.0. The summed E-state index contributed by atoms with van der Waals surface area (Å²) in [6.45, 7) is 3.46. The van der Waals surface area contributed by atoms with Crippen molar-refractivity contribution in [2.24, 2.45) is 0 Å². The monoisotopic (exact) mass is 335 g/mol. The molecule has 7 heteroatoms. The van der Waals surface area contributed by atoms with Crippen LogP contribution in [0.5, 0.6) is 0 Å². The van der Waals surface area contributed by atoms with Gasteiger partial charge in [-0.05, 0) is 12.5 Å². The van der Waals surface area contributed by atoms with Crippen molar-refractivity contribution >= 4 is 26.8 Å². The average Bonchev–Trinajstić information content (AvgIpc) is 2.98. The van der Waals surface area contributed by atoms with Gasteiger partial charge in [0, 0.05) is 43.3 Å². The van der Waals surface area contributed by atoms with Crippen molar-refractivity contribution in [1.82, 2.24) is 14.2 Å². The van der Waals surface area contributed by atoms with Crippen molar-refractivity contribution in [3.63, 3.8) is 0 Å². The first-order chi connectivity index (χ1) is 11.0. The van der Waals surface area contributed by atoms with Gasteiger partial charge in [0.05, 0.1) is 11.3 Å². The van der Waals surface area contributed by atoms with E-state index in [1.54, 1.807) is 11.1 Å². The maximum Gasteiger partial charge on any atom is 0.256 e. The highest BCUT2D eigenvalue weighted by Crippen LogP contribution is 2.20. The molecule has 0 aliphatic carbocycles. The minimum Gasteiger partial charge on any atom is -0.360 e. The zero-order valence-electron chi connectivity index (χ0n) is 13.2. The van der Waals surface area contributed by atoms with Crippen LogP contribution in [-0.2, 0) is 10.0 Å². The lowest BCUT2D eigenvalue weighted by atomic mass is 10.1. The molecule has 0 unspecified atom stereocenters. The number of aromatic nitrogens is 1. The number of benzene rings is 1. The van der Waals surface area contributed by atoms with Gasteiger partial charge >= 0.3 is 0 Å². The van der Waals surface area contributed by atoms with Crippen LogP contribution < -0.4 is 0 Å². The molecule has 3 rings (SSSR count). The Morgan fingerprint density at radius 2 is 1.87 bits per heavy atom. The molecule has 0 radical (unpaired) electrons. The van der Waals surface area contributed by atoms with Crippen molar-refractivity contribution in [2.75, 3.05) is 31.9 Å². The third-order valence-electron chi connectivity index (χ3n) is 4.20. The standard InChI is InChI=1S/C16H21N3O3S/c1-2-11-23(21,22)19-9-7-18(8-10-19)16(20)14-12-17-15-6-4-3-5-13(14)15/h3-6,12,17H,2,7-11H2,1H3. The number of carbonyl (C=O) groups is 1. The lowest BCUT2D eigenvalue weighted by Crippen LogP contribution is -2.51. The van der Waals surface area contributed by atoms with Gasteiger partial charge in [-0.1, -0.05) is 25.1 Å². The number of sulfonamides is 1. The second kappa shape index (κ2) is 6.33. The van der Waals surface area contributed by atoms with Crippen LogP contribution >= 0.6 is 0 Å². The van der Waals surface area contributed by atoms with Gasteiger partial charge < -0.3 is 9.88 Å². The normalized spacial score (nSPS) is 16.8. The Morgan fingerprint density at radius 3 is 2.57 bits per heavy atom. The molecular formula is C16H21N3O3S. The van der Waals surface area contributed by atoms with Crippen LogP contribution in [0.1, 0.15) is 23.7 Å². The van der Waals surface area contributed by atoms with E-state index in [1.807, 2.05) is 31.2 Å². The summed E-state index contributed by atoms with van der Waals surface area (Å²) in [5.74, 6) is 0.124. The summed E-state index contributed by atoms with van der Waals surface area (Å²) in [6.07, 6.45) is 2.34. The van der Waals surface area contributed by atoms with Crippen molar-refractivity contribution in [3.05, 3.63) is 36.0 Å². The highest BCUT2D eigenvalue weighted by atomic mass is 32.2. The van der Waals surface area contributed by atoms with E-state index in [9.17, 15) is 13.2 Å². The molecule has 0 bridgehead atoms. The third kappa shape index (κ3) is 3.11. The van der Waals surface area contributed by atoms with Crippen LogP contribution in [0.2, 0.25) is 0 Å². The minimum absolute atomic E-state index is 0.0463. The fourth-order valence-electron chi connectivity index (χ4n) is 2.98. The number of nitrogens with zero attached hydrogens (tertiary/aromatic N) is 2. The Kier molecular flexibility index (Phi) is 4.41. The Labute approximate surface area is 136 Å². The summed E-state index contributed by atoms with van der Waals surface area (Å²) in [6, 6.07) is 7.68. The highest BCUT2D eigenvalue weighted by molar-refractivity contribution is 7.89. The van der Waals surface area contributed by atoms with Crippen molar-refractivity contribution in [2.45, 2.75) is 13.3 Å². The van der Waals surface area contributed by atoms with E-state index in [2.05, 4.69) is 4.98 Å². The van der Waals surface area contributed by atoms with Crippen LogP contribution in [0, 0.1) is 0 Å². The Hall–Kier alpha value is -1.86. The Morgan fingerprint density at radius 1 is 1.17 bits per heavy atom. The summed E-state index contributed by atoms with van der Waals surface area (Å²) in [5, 5.41) is 0.901. The molecule has 124 valence electrons. The van der Waals surface area contributed by atoms with Crippen LogP contribution in [0.4, 0.5) is 0 Å². The molecule has 6 nitrogen and oxygen atoms in total. The lowest BCUT2D eigenvalue weighted by molar-refractivity contribution is 0.0700. The average molecular weight is 335 g/mol. The van der Waals surface area contributed by atoms with E-state index >= 15 is 0 Å². The zero-order chi connectivity index (χ0) is 16.4. The number of para-hydroxylation sites is 1. The van der Waals surface area contributed by atoms with Crippen molar-refractivity contribution in [1.29, 1.82) is 0 Å². The quantitative estimate of drug-likeness (QED) is 0.923. The van der Waals surface area contributed by atoms with E-state index in [4.69, 9.17) is 0 Å². The number of hydrogen-bond donors (Lipinski definition) is 1. The van der Waals surface area contributed by atoms with Gasteiger partial charge in [0.15, 0.2) is 0 Å². The highest BCUT2D eigenvalue weighted by Gasteiger charge is 2.29. The molecule has 1 aromatic heterocycles. The second-order valence-electron chi connectivity index (χ2n) is 5.76. The molecule has 2 aromatic rings. The summed E-state index contributed by atoms with van der Waals surface area (Å²) in [4.78, 5) is 17.5. The molecular weight excluding hydrogens is 314 g/mol. The number of piperazine rings is 1. The van der Waals surface area contributed by atoms with Gasteiger partial charge in [0.2, 0.25) is 10.0 Å². The van der Waals surface area contributed by atoms with Gasteiger partial charge in [0.25, 0.3) is 5.91 Å². The third-order valence-corrected chi connectivity index (χ3v) is 6.28. The number of carbonyl (C=O) groups excluding carboxylic acids is 1. The van der Waals surface area contributed by atoms with E-state index in [1.165, 1.54) is 4.31 Å². The van der Waals surface area contributed by atoms with Gasteiger partial charge in [-0.2, -0.15) is 4.31 Å². The molecule has 1 aromatic carbocycles. The SMILES string of the molecule is CCCS(=O)(=O)N1CCN(C(=O)c2c[nH]c3ccccc23)CC1. The van der Waals surface area contributed by atoms with Crippen LogP contribution in [0.15, 0.2) is 30.5 Å². The number of nitrogens with one attached hydrogen (secondary N) is 1. The van der Waals surface area contributed by atoms with E-state index in [-0.39, 0.29) is 11.7 Å². The maximum absolute atomic E-state index is 12.7. The summed E-state index contributed by atoms with van der Waals surface area (Å²) in [7, 11) is -3.18. The van der Waals surface area contributed by atoms with E-state index < -0.39 is 10.0 Å². The lowest BCUT2D eigenvalue weighted by Gasteiger charge is -2.33. The number of rotatable bonds is 4. The molecule has 2 heterocycles. The molecule has 1 amide bonds. The molecule has 1 fully saturated rings. The molecule has 0 atom stereocenters. The number of fused-ring (bicyclic) bond motifs is 1. The molecule has 0 spiro atoms. The molecule has 1 aliphatic heterocycles. The van der Waals surface area contributed by atoms with Crippen molar-refractivity contribution in [3.8, 4) is 0 Å². The Bertz CT molecular complexity index is 805. The molecule has 23 heavy (non-hydrogen) atoms. The summed E-state index contributed by atoms with van der Waals surface area (Å²) in [5.41, 5.74) is 1.57. The van der Waals surface area contributed by atoms with Gasteiger partial charge in [-0.15, -0.1) is 0 Å². The minimum atomic E-state index is -3.18. The zero-order valence-corrected chi connectivity index (χ0v) is 14.0. The number of H-pyrrole nitrogens is 1. The van der Waals surface area contributed by atoms with E-state index in [0.29, 0.717) is 38.2 Å². The number of amides is 1. The van der Waals surface area contributed by atoms with Gasteiger partial charge in [-0.25, -0.2) is 8.42 Å². The summed E-state index contributed by atoms with van der Waals surface area (Å²) >= 11 is 0. The Balaban J connectivity index is 1.72. The molecule has 1 N–H and O–H groups in total. The molecule has 0 saturated carbocycles. The van der Waals surface area contributed by atoms with Gasteiger partial charge in [-0.3, -0.25) is 4.79 Å². The van der Waals surface area contributed by atoms with Crippen LogP contribution in [0.3, 0.4) is 0 Å². The molecule has 1 aliphatic rings. The van der Waals surface area contributed by atoms with Crippen molar-refractivity contribution < 1.29 is 13.2 Å². The summed E-state index contributed by atoms with van der Waals surface area (Å²) < 4.78 is 25.7. The topological polar surface area (TPSA) is 73.5 Å². The number of hydrogen-bond acceptors (Lipinski definition) is 3. The molecule has 1 saturated heterocycles.